The minimum absolute atomic E-state index is 0.641. The molecule has 1 heterocycles. The predicted molar refractivity (Wildman–Crippen MR) is 91.5 cm³/mol. The van der Waals surface area contributed by atoms with Gasteiger partial charge in [0.15, 0.2) is 0 Å². The van der Waals surface area contributed by atoms with E-state index >= 15 is 0 Å². The van der Waals surface area contributed by atoms with Crippen LogP contribution in [-0.2, 0) is 5.54 Å². The Kier molecular flexibility index (Phi) is 3.74. The average Bonchev–Trinajstić information content (AvgIpc) is 2.46. The number of fused-ring (bicyclic) bond motifs is 1. The number of rotatable bonds is 2. The third-order valence-corrected chi connectivity index (χ3v) is 4.49. The van der Waals surface area contributed by atoms with Crippen LogP contribution in [0.15, 0.2) is 59.2 Å². The van der Waals surface area contributed by atoms with E-state index < -0.39 is 5.54 Å². The second-order valence-electron chi connectivity index (χ2n) is 5.21. The summed E-state index contributed by atoms with van der Waals surface area (Å²) in [6.07, 6.45) is 1.78. The molecule has 1 atom stereocenters. The Morgan fingerprint density at radius 2 is 1.86 bits per heavy atom. The number of halogens is 2. The summed E-state index contributed by atoms with van der Waals surface area (Å²) in [5.74, 6) is 0. The fourth-order valence-corrected chi connectivity index (χ4v) is 3.45. The molecule has 2 N–H and O–H groups in total. The Balaban J connectivity index is 2.25. The molecule has 0 saturated heterocycles. The van der Waals surface area contributed by atoms with Crippen LogP contribution in [0.1, 0.15) is 18.1 Å². The van der Waals surface area contributed by atoms with Crippen LogP contribution in [-0.4, -0.2) is 4.98 Å². The molecular weight excluding hydrogens is 348 g/mol. The van der Waals surface area contributed by atoms with Crippen molar-refractivity contribution >= 4 is 38.4 Å². The lowest BCUT2D eigenvalue weighted by molar-refractivity contribution is 0.607. The van der Waals surface area contributed by atoms with Gasteiger partial charge in [-0.15, -0.1) is 0 Å². The molecule has 0 aliphatic rings. The largest absolute Gasteiger partial charge is 0.318 e. The average molecular weight is 362 g/mol. The monoisotopic (exact) mass is 360 g/mol. The molecule has 1 unspecified atom stereocenters. The van der Waals surface area contributed by atoms with E-state index in [2.05, 4.69) is 20.9 Å². The molecule has 2 nitrogen and oxygen atoms in total. The van der Waals surface area contributed by atoms with Crippen molar-refractivity contribution in [2.75, 3.05) is 0 Å². The van der Waals surface area contributed by atoms with Gasteiger partial charge in [0.25, 0.3) is 0 Å². The van der Waals surface area contributed by atoms with Crippen LogP contribution in [0.25, 0.3) is 10.9 Å². The van der Waals surface area contributed by atoms with Crippen LogP contribution >= 0.6 is 27.5 Å². The highest BCUT2D eigenvalue weighted by Crippen LogP contribution is 2.36. The molecule has 0 aliphatic carbocycles. The van der Waals surface area contributed by atoms with Gasteiger partial charge in [0.05, 0.1) is 11.1 Å². The van der Waals surface area contributed by atoms with Gasteiger partial charge in [0.1, 0.15) is 0 Å². The zero-order valence-corrected chi connectivity index (χ0v) is 13.8. The maximum absolute atomic E-state index is 6.64. The molecule has 0 radical (unpaired) electrons. The van der Waals surface area contributed by atoms with Crippen LogP contribution in [0.2, 0.25) is 5.02 Å². The molecule has 1 aromatic heterocycles. The standard InChI is InChI=1S/C17H14BrClN2/c1-17(20,13-8-7-12(18)10-15(13)19)14-6-2-4-11-5-3-9-21-16(11)14/h2-10H,20H2,1H3. The molecule has 3 aromatic rings. The van der Waals surface area contributed by atoms with E-state index in [0.29, 0.717) is 5.02 Å². The van der Waals surface area contributed by atoms with Crippen LogP contribution in [0, 0.1) is 0 Å². The minimum atomic E-state index is -0.717. The summed E-state index contributed by atoms with van der Waals surface area (Å²) < 4.78 is 0.933. The first kappa shape index (κ1) is 14.5. The van der Waals surface area contributed by atoms with Gasteiger partial charge in [-0.05, 0) is 30.7 Å². The van der Waals surface area contributed by atoms with Gasteiger partial charge in [-0.25, -0.2) is 0 Å². The summed E-state index contributed by atoms with van der Waals surface area (Å²) in [5.41, 5.74) is 8.67. The number of pyridine rings is 1. The fraction of sp³-hybridized carbons (Fsp3) is 0.118. The molecule has 0 aliphatic heterocycles. The van der Waals surface area contributed by atoms with E-state index in [1.54, 1.807) is 6.20 Å². The first-order chi connectivity index (χ1) is 10.00. The first-order valence-electron chi connectivity index (χ1n) is 6.59. The van der Waals surface area contributed by atoms with Crippen molar-refractivity contribution in [1.29, 1.82) is 0 Å². The third-order valence-electron chi connectivity index (χ3n) is 3.68. The second-order valence-corrected chi connectivity index (χ2v) is 6.53. The molecule has 0 bridgehead atoms. The van der Waals surface area contributed by atoms with Gasteiger partial charge in [-0.3, -0.25) is 4.98 Å². The Hall–Kier alpha value is -1.42. The molecule has 0 spiro atoms. The van der Waals surface area contributed by atoms with Gasteiger partial charge < -0.3 is 5.73 Å². The fourth-order valence-electron chi connectivity index (χ4n) is 2.58. The van der Waals surface area contributed by atoms with Crippen molar-refractivity contribution < 1.29 is 0 Å². The topological polar surface area (TPSA) is 38.9 Å². The molecule has 2 aromatic carbocycles. The van der Waals surface area contributed by atoms with Crippen molar-refractivity contribution in [3.05, 3.63) is 75.4 Å². The minimum Gasteiger partial charge on any atom is -0.318 e. The van der Waals surface area contributed by atoms with E-state index in [4.69, 9.17) is 17.3 Å². The normalized spacial score (nSPS) is 14.1. The lowest BCUT2D eigenvalue weighted by Gasteiger charge is -2.28. The van der Waals surface area contributed by atoms with Gasteiger partial charge >= 0.3 is 0 Å². The molecule has 4 heteroatoms. The number of hydrogen-bond acceptors (Lipinski definition) is 2. The summed E-state index contributed by atoms with van der Waals surface area (Å²) >= 11 is 9.81. The second kappa shape index (κ2) is 5.41. The van der Waals surface area contributed by atoms with Gasteiger partial charge in [0.2, 0.25) is 0 Å². The first-order valence-corrected chi connectivity index (χ1v) is 7.76. The third kappa shape index (κ3) is 2.57. The molecule has 0 fully saturated rings. The number of para-hydroxylation sites is 1. The lowest BCUT2D eigenvalue weighted by atomic mass is 9.84. The summed E-state index contributed by atoms with van der Waals surface area (Å²) in [6, 6.07) is 15.8. The number of nitrogens with zero attached hydrogens (tertiary/aromatic N) is 1. The summed E-state index contributed by atoms with van der Waals surface area (Å²) in [7, 11) is 0. The Morgan fingerprint density at radius 3 is 2.62 bits per heavy atom. The van der Waals surface area contributed by atoms with Crippen molar-refractivity contribution in [2.24, 2.45) is 5.73 Å². The maximum Gasteiger partial charge on any atom is 0.0755 e. The quantitative estimate of drug-likeness (QED) is 0.707. The van der Waals surface area contributed by atoms with Crippen LogP contribution in [0.5, 0.6) is 0 Å². The summed E-state index contributed by atoms with van der Waals surface area (Å²) in [5, 5.41) is 1.71. The van der Waals surface area contributed by atoms with Gasteiger partial charge in [-0.2, -0.15) is 0 Å². The summed E-state index contributed by atoms with van der Waals surface area (Å²) in [6.45, 7) is 1.96. The van der Waals surface area contributed by atoms with E-state index in [-0.39, 0.29) is 0 Å². The number of benzene rings is 2. The van der Waals surface area contributed by atoms with Crippen LogP contribution in [0.4, 0.5) is 0 Å². The number of hydrogen-bond donors (Lipinski definition) is 1. The van der Waals surface area contributed by atoms with Gasteiger partial charge in [0, 0.05) is 26.6 Å². The van der Waals surface area contributed by atoms with Crippen molar-refractivity contribution in [2.45, 2.75) is 12.5 Å². The lowest BCUT2D eigenvalue weighted by Crippen LogP contribution is -2.35. The highest BCUT2D eigenvalue weighted by atomic mass is 79.9. The zero-order chi connectivity index (χ0) is 15.0. The predicted octanol–water partition coefficient (Wildman–Crippen LogP) is 4.87. The van der Waals surface area contributed by atoms with Gasteiger partial charge in [-0.1, -0.05) is 57.9 Å². The maximum atomic E-state index is 6.64. The van der Waals surface area contributed by atoms with E-state index in [9.17, 15) is 0 Å². The van der Waals surface area contributed by atoms with E-state index in [1.165, 1.54) is 0 Å². The SMILES string of the molecule is CC(N)(c1ccc(Br)cc1Cl)c1cccc2cccnc12. The number of nitrogens with two attached hydrogens (primary N) is 1. The Morgan fingerprint density at radius 1 is 1.10 bits per heavy atom. The molecule has 0 saturated carbocycles. The number of aromatic nitrogens is 1. The molecule has 21 heavy (non-hydrogen) atoms. The Bertz CT molecular complexity index is 809. The Labute approximate surface area is 137 Å². The molecular formula is C17H14BrClN2. The highest BCUT2D eigenvalue weighted by Gasteiger charge is 2.28. The molecule has 3 rings (SSSR count). The molecule has 0 amide bonds. The highest BCUT2D eigenvalue weighted by molar-refractivity contribution is 9.10. The van der Waals surface area contributed by atoms with Crippen molar-refractivity contribution in [3.8, 4) is 0 Å². The van der Waals surface area contributed by atoms with Crippen LogP contribution < -0.4 is 5.73 Å². The van der Waals surface area contributed by atoms with E-state index in [0.717, 1.165) is 26.5 Å². The van der Waals surface area contributed by atoms with E-state index in [1.807, 2.05) is 55.5 Å². The molecule has 106 valence electrons. The zero-order valence-electron chi connectivity index (χ0n) is 11.5. The smallest absolute Gasteiger partial charge is 0.0755 e. The summed E-state index contributed by atoms with van der Waals surface area (Å²) in [4.78, 5) is 4.49. The van der Waals surface area contributed by atoms with Crippen LogP contribution in [0.3, 0.4) is 0 Å². The van der Waals surface area contributed by atoms with Crippen molar-refractivity contribution in [1.82, 2.24) is 4.98 Å². The van der Waals surface area contributed by atoms with Crippen molar-refractivity contribution in [3.63, 3.8) is 0 Å².